The van der Waals surface area contributed by atoms with E-state index in [1.807, 2.05) is 32.0 Å². The van der Waals surface area contributed by atoms with Crippen molar-refractivity contribution in [1.29, 1.82) is 0 Å². The highest BCUT2D eigenvalue weighted by molar-refractivity contribution is 9.09. The van der Waals surface area contributed by atoms with Gasteiger partial charge >= 0.3 is 6.18 Å². The van der Waals surface area contributed by atoms with Gasteiger partial charge in [-0.25, -0.2) is 0 Å². The van der Waals surface area contributed by atoms with Gasteiger partial charge in [-0.05, 0) is 43.7 Å². The highest BCUT2D eigenvalue weighted by atomic mass is 79.9. The van der Waals surface area contributed by atoms with E-state index >= 15 is 0 Å². The summed E-state index contributed by atoms with van der Waals surface area (Å²) in [5.41, 5.74) is 2.34. The smallest absolute Gasteiger partial charge is 0.334 e. The Morgan fingerprint density at radius 2 is 1.63 bits per heavy atom. The molecular weight excluding hydrogens is 461 g/mol. The van der Waals surface area contributed by atoms with Gasteiger partial charge in [0.2, 0.25) is 5.91 Å². The minimum atomic E-state index is -4.43. The van der Waals surface area contributed by atoms with Gasteiger partial charge in [-0.3, -0.25) is 9.59 Å². The molecule has 8 heteroatoms. The van der Waals surface area contributed by atoms with Crippen LogP contribution in [0.5, 0.6) is 0 Å². The minimum Gasteiger partial charge on any atom is -0.334 e. The molecule has 0 aromatic heterocycles. The highest BCUT2D eigenvalue weighted by Gasteiger charge is 2.35. The van der Waals surface area contributed by atoms with Gasteiger partial charge in [-0.15, -0.1) is 0 Å². The Morgan fingerprint density at radius 1 is 1.03 bits per heavy atom. The van der Waals surface area contributed by atoms with Crippen molar-refractivity contribution < 1.29 is 22.8 Å². The van der Waals surface area contributed by atoms with Crippen molar-refractivity contribution in [3.05, 3.63) is 70.3 Å². The molecule has 0 spiro atoms. The van der Waals surface area contributed by atoms with Crippen molar-refractivity contribution in [3.63, 3.8) is 0 Å². The number of halogens is 4. The van der Waals surface area contributed by atoms with Crippen LogP contribution in [0.25, 0.3) is 0 Å². The summed E-state index contributed by atoms with van der Waals surface area (Å²) >= 11 is 3.16. The van der Waals surface area contributed by atoms with Crippen molar-refractivity contribution >= 4 is 27.7 Å². The van der Waals surface area contributed by atoms with Gasteiger partial charge in [0.25, 0.3) is 5.91 Å². The molecule has 0 aliphatic carbocycles. The van der Waals surface area contributed by atoms with Gasteiger partial charge in [0.15, 0.2) is 0 Å². The number of hydrogen-bond donors (Lipinski definition) is 0. The lowest BCUT2D eigenvalue weighted by molar-refractivity contribution is -0.137. The zero-order chi connectivity index (χ0) is 22.1. The fourth-order valence-electron chi connectivity index (χ4n) is 3.80. The predicted octanol–water partition coefficient (Wildman–Crippen LogP) is 4.74. The number of benzene rings is 2. The van der Waals surface area contributed by atoms with Crippen LogP contribution in [0.3, 0.4) is 0 Å². The molecule has 2 amide bonds. The quantitative estimate of drug-likeness (QED) is 0.592. The van der Waals surface area contributed by atoms with Crippen molar-refractivity contribution in [3.8, 4) is 0 Å². The number of nitrogens with zero attached hydrogens (tertiary/aromatic N) is 2. The van der Waals surface area contributed by atoms with Crippen molar-refractivity contribution in [2.75, 3.05) is 25.0 Å². The number of alkyl halides is 4. The van der Waals surface area contributed by atoms with Crippen LogP contribution in [0.2, 0.25) is 0 Å². The predicted molar refractivity (Wildman–Crippen MR) is 112 cm³/mol. The molecule has 0 bridgehead atoms. The Labute approximate surface area is 181 Å². The molecule has 30 heavy (non-hydrogen) atoms. The van der Waals surface area contributed by atoms with Gasteiger partial charge in [0.05, 0.1) is 16.9 Å². The first kappa shape index (κ1) is 22.3. The van der Waals surface area contributed by atoms with Gasteiger partial charge in [0.1, 0.15) is 0 Å². The number of rotatable bonds is 3. The zero-order valence-corrected chi connectivity index (χ0v) is 18.3. The van der Waals surface area contributed by atoms with E-state index in [0.29, 0.717) is 24.2 Å². The third-order valence-corrected chi connectivity index (χ3v) is 5.67. The Balaban J connectivity index is 1.89. The molecule has 1 heterocycles. The lowest BCUT2D eigenvalue weighted by Crippen LogP contribution is -2.52. The van der Waals surface area contributed by atoms with E-state index in [1.165, 1.54) is 12.1 Å². The van der Waals surface area contributed by atoms with Gasteiger partial charge < -0.3 is 9.80 Å². The Morgan fingerprint density at radius 3 is 2.17 bits per heavy atom. The summed E-state index contributed by atoms with van der Waals surface area (Å²) in [5.74, 6) is -0.317. The Kier molecular flexibility index (Phi) is 6.55. The summed E-state index contributed by atoms with van der Waals surface area (Å²) < 4.78 is 38.8. The van der Waals surface area contributed by atoms with Crippen LogP contribution in [0.1, 0.15) is 38.7 Å². The number of carbonyl (C=O) groups excluding carboxylic acids is 2. The molecule has 2 aromatic rings. The molecule has 1 aliphatic rings. The summed E-state index contributed by atoms with van der Waals surface area (Å²) in [6, 6.07) is 9.89. The number of hydrogen-bond acceptors (Lipinski definition) is 2. The average Bonchev–Trinajstić information content (AvgIpc) is 2.71. The molecule has 160 valence electrons. The van der Waals surface area contributed by atoms with Crippen LogP contribution in [0, 0.1) is 13.8 Å². The van der Waals surface area contributed by atoms with E-state index in [9.17, 15) is 22.8 Å². The SMILES string of the molecule is Cc1cc(C)cc(C(=O)N2CCN(C(=O)CBr)C(c3ccc(C(F)(F)F)cc3)C2)c1. The molecule has 1 saturated heterocycles. The third kappa shape index (κ3) is 4.86. The van der Waals surface area contributed by atoms with Gasteiger partial charge in [-0.1, -0.05) is 45.3 Å². The van der Waals surface area contributed by atoms with E-state index in [0.717, 1.165) is 23.3 Å². The van der Waals surface area contributed by atoms with Gasteiger partial charge in [-0.2, -0.15) is 13.2 Å². The maximum absolute atomic E-state index is 13.1. The van der Waals surface area contributed by atoms with Crippen LogP contribution in [-0.4, -0.2) is 46.6 Å². The van der Waals surface area contributed by atoms with E-state index in [4.69, 9.17) is 0 Å². The molecule has 3 rings (SSSR count). The maximum Gasteiger partial charge on any atom is 0.416 e. The molecular formula is C22H22BrF3N2O2. The summed E-state index contributed by atoms with van der Waals surface area (Å²) in [7, 11) is 0. The molecule has 0 saturated carbocycles. The largest absolute Gasteiger partial charge is 0.416 e. The van der Waals surface area contributed by atoms with Crippen LogP contribution in [0.4, 0.5) is 13.2 Å². The fourth-order valence-corrected chi connectivity index (χ4v) is 4.13. The molecule has 0 N–H and O–H groups in total. The highest BCUT2D eigenvalue weighted by Crippen LogP contribution is 2.32. The third-order valence-electron chi connectivity index (χ3n) is 5.19. The van der Waals surface area contributed by atoms with Crippen LogP contribution >= 0.6 is 15.9 Å². The van der Waals surface area contributed by atoms with E-state index < -0.39 is 17.8 Å². The first-order valence-electron chi connectivity index (χ1n) is 9.50. The first-order valence-corrected chi connectivity index (χ1v) is 10.6. The molecule has 1 atom stereocenters. The zero-order valence-electron chi connectivity index (χ0n) is 16.7. The van der Waals surface area contributed by atoms with Crippen molar-refractivity contribution in [2.24, 2.45) is 0 Å². The van der Waals surface area contributed by atoms with Crippen LogP contribution < -0.4 is 0 Å². The standard InChI is InChI=1S/C22H22BrF3N2O2/c1-14-9-15(2)11-17(10-14)21(30)27-7-8-28(20(29)12-23)19(13-27)16-3-5-18(6-4-16)22(24,25)26/h3-6,9-11,19H,7-8,12-13H2,1-2H3. The van der Waals surface area contributed by atoms with Crippen molar-refractivity contribution in [2.45, 2.75) is 26.1 Å². The summed E-state index contributed by atoms with van der Waals surface area (Å²) in [5, 5.41) is 0.106. The minimum absolute atomic E-state index is 0.106. The second kappa shape index (κ2) is 8.79. The number of piperazine rings is 1. The van der Waals surface area contributed by atoms with E-state index in [2.05, 4.69) is 15.9 Å². The molecule has 0 radical (unpaired) electrons. The molecule has 1 fully saturated rings. The monoisotopic (exact) mass is 482 g/mol. The Bertz CT molecular complexity index is 924. The number of amides is 2. The lowest BCUT2D eigenvalue weighted by Gasteiger charge is -2.41. The second-order valence-corrected chi connectivity index (χ2v) is 8.04. The van der Waals surface area contributed by atoms with Gasteiger partial charge in [0, 0.05) is 25.2 Å². The topological polar surface area (TPSA) is 40.6 Å². The maximum atomic E-state index is 13.1. The summed E-state index contributed by atoms with van der Waals surface area (Å²) in [6.45, 7) is 4.73. The molecule has 1 aliphatic heterocycles. The molecule has 1 unspecified atom stereocenters. The number of carbonyl (C=O) groups is 2. The molecule has 2 aromatic carbocycles. The summed E-state index contributed by atoms with van der Waals surface area (Å²) in [6.07, 6.45) is -4.43. The van der Waals surface area contributed by atoms with Crippen molar-refractivity contribution in [1.82, 2.24) is 9.80 Å². The fraction of sp³-hybridized carbons (Fsp3) is 0.364. The molecule has 4 nitrogen and oxygen atoms in total. The summed E-state index contributed by atoms with van der Waals surface area (Å²) in [4.78, 5) is 28.8. The average molecular weight is 483 g/mol. The normalized spacial score (nSPS) is 17.2. The second-order valence-electron chi connectivity index (χ2n) is 7.48. The number of aryl methyl sites for hydroxylation is 2. The van der Waals surface area contributed by atoms with Crippen LogP contribution in [0.15, 0.2) is 42.5 Å². The Hall–Kier alpha value is -2.35. The first-order chi connectivity index (χ1) is 14.1. The van der Waals surface area contributed by atoms with Crippen LogP contribution in [-0.2, 0) is 11.0 Å². The van der Waals surface area contributed by atoms with E-state index in [-0.39, 0.29) is 23.7 Å². The van der Waals surface area contributed by atoms with E-state index in [1.54, 1.807) is 9.80 Å². The lowest BCUT2D eigenvalue weighted by atomic mass is 9.99.